The third kappa shape index (κ3) is 3.14. The lowest BCUT2D eigenvalue weighted by molar-refractivity contribution is -0.117. The third-order valence-corrected chi connectivity index (χ3v) is 5.06. The highest BCUT2D eigenvalue weighted by Gasteiger charge is 2.33. The molecule has 1 amide bonds. The molecule has 1 aliphatic rings. The predicted molar refractivity (Wildman–Crippen MR) is 84.4 cm³/mol. The normalized spacial score (nSPS) is 18.2. The van der Waals surface area contributed by atoms with Crippen molar-refractivity contribution in [3.05, 3.63) is 30.3 Å². The van der Waals surface area contributed by atoms with Crippen molar-refractivity contribution in [1.82, 2.24) is 10.2 Å². The van der Waals surface area contributed by atoms with Gasteiger partial charge < -0.3 is 0 Å². The van der Waals surface area contributed by atoms with Gasteiger partial charge in [-0.1, -0.05) is 53.4 Å². The zero-order valence-electron chi connectivity index (χ0n) is 11.4. The molecule has 21 heavy (non-hydrogen) atoms. The van der Waals surface area contributed by atoms with E-state index in [1.807, 2.05) is 30.3 Å². The van der Waals surface area contributed by atoms with E-state index in [0.29, 0.717) is 18.1 Å². The SMILES string of the molecule is CC(=O)SC1CC(=O)N(c2nnc(-c3ccccc3)s2)C1. The number of thioether (sulfide) groups is 1. The lowest BCUT2D eigenvalue weighted by atomic mass is 10.2. The Labute approximate surface area is 130 Å². The van der Waals surface area contributed by atoms with E-state index in [1.54, 1.807) is 4.90 Å². The van der Waals surface area contributed by atoms with Gasteiger partial charge in [0.05, 0.1) is 0 Å². The number of benzene rings is 1. The molecule has 1 aliphatic heterocycles. The second-order valence-electron chi connectivity index (χ2n) is 4.70. The van der Waals surface area contributed by atoms with Gasteiger partial charge in [0, 0.05) is 30.7 Å². The first-order valence-corrected chi connectivity index (χ1v) is 8.19. The van der Waals surface area contributed by atoms with Crippen LogP contribution in [0.2, 0.25) is 0 Å². The van der Waals surface area contributed by atoms with Crippen LogP contribution in [-0.2, 0) is 9.59 Å². The quantitative estimate of drug-likeness (QED) is 0.870. The average Bonchev–Trinajstić information content (AvgIpc) is 3.06. The number of carbonyl (C=O) groups is 2. The summed E-state index contributed by atoms with van der Waals surface area (Å²) in [5.41, 5.74) is 0.988. The monoisotopic (exact) mass is 319 g/mol. The smallest absolute Gasteiger partial charge is 0.230 e. The average molecular weight is 319 g/mol. The zero-order chi connectivity index (χ0) is 14.8. The predicted octanol–water partition coefficient (Wildman–Crippen LogP) is 2.59. The number of rotatable bonds is 3. The molecule has 1 aromatic heterocycles. The van der Waals surface area contributed by atoms with Gasteiger partial charge >= 0.3 is 0 Å². The van der Waals surface area contributed by atoms with Crippen molar-refractivity contribution in [3.8, 4) is 10.6 Å². The molecule has 2 aromatic rings. The van der Waals surface area contributed by atoms with Crippen LogP contribution in [0.25, 0.3) is 10.6 Å². The fraction of sp³-hybridized carbons (Fsp3) is 0.286. The van der Waals surface area contributed by atoms with Crippen LogP contribution in [0.15, 0.2) is 30.3 Å². The van der Waals surface area contributed by atoms with Gasteiger partial charge in [-0.05, 0) is 0 Å². The third-order valence-electron chi connectivity index (χ3n) is 3.09. The molecule has 3 rings (SSSR count). The lowest BCUT2D eigenvalue weighted by Crippen LogP contribution is -2.24. The molecule has 1 unspecified atom stereocenters. The highest BCUT2D eigenvalue weighted by Crippen LogP contribution is 2.33. The molecule has 0 saturated carbocycles. The Morgan fingerprint density at radius 1 is 1.33 bits per heavy atom. The Morgan fingerprint density at radius 2 is 2.10 bits per heavy atom. The Balaban J connectivity index is 1.78. The molecule has 0 N–H and O–H groups in total. The van der Waals surface area contributed by atoms with Crippen molar-refractivity contribution in [1.29, 1.82) is 0 Å². The summed E-state index contributed by atoms with van der Waals surface area (Å²) >= 11 is 2.62. The van der Waals surface area contributed by atoms with Gasteiger partial charge in [-0.2, -0.15) is 0 Å². The van der Waals surface area contributed by atoms with Gasteiger partial charge in [-0.25, -0.2) is 0 Å². The van der Waals surface area contributed by atoms with Crippen molar-refractivity contribution in [2.75, 3.05) is 11.4 Å². The molecular formula is C14H13N3O2S2. The van der Waals surface area contributed by atoms with Gasteiger partial charge in [0.1, 0.15) is 5.01 Å². The molecule has 5 nitrogen and oxygen atoms in total. The summed E-state index contributed by atoms with van der Waals surface area (Å²) in [5, 5.41) is 9.72. The number of nitrogens with zero attached hydrogens (tertiary/aromatic N) is 3. The summed E-state index contributed by atoms with van der Waals surface area (Å²) in [7, 11) is 0. The summed E-state index contributed by atoms with van der Waals surface area (Å²) in [4.78, 5) is 24.8. The van der Waals surface area contributed by atoms with E-state index in [-0.39, 0.29) is 16.3 Å². The molecule has 2 heterocycles. The van der Waals surface area contributed by atoms with Crippen molar-refractivity contribution < 1.29 is 9.59 Å². The Hall–Kier alpha value is -1.73. The number of carbonyl (C=O) groups excluding carboxylic acids is 2. The summed E-state index contributed by atoms with van der Waals surface area (Å²) in [6, 6.07) is 9.75. The van der Waals surface area contributed by atoms with Crippen LogP contribution in [-0.4, -0.2) is 33.0 Å². The first kappa shape index (κ1) is 14.2. The van der Waals surface area contributed by atoms with Gasteiger partial charge in [-0.15, -0.1) is 10.2 Å². The van der Waals surface area contributed by atoms with Gasteiger partial charge in [0.25, 0.3) is 0 Å². The summed E-state index contributed by atoms with van der Waals surface area (Å²) in [6.45, 7) is 2.04. The molecule has 0 bridgehead atoms. The fourth-order valence-electron chi connectivity index (χ4n) is 2.20. The maximum Gasteiger partial charge on any atom is 0.230 e. The van der Waals surface area contributed by atoms with Crippen LogP contribution in [0.3, 0.4) is 0 Å². The molecule has 1 aromatic carbocycles. The topological polar surface area (TPSA) is 63.2 Å². The van der Waals surface area contributed by atoms with E-state index < -0.39 is 0 Å². The van der Waals surface area contributed by atoms with E-state index in [9.17, 15) is 9.59 Å². The molecule has 1 saturated heterocycles. The minimum Gasteiger partial charge on any atom is -0.288 e. The van der Waals surface area contributed by atoms with Crippen molar-refractivity contribution >= 4 is 39.3 Å². The molecule has 1 fully saturated rings. The molecule has 0 spiro atoms. The van der Waals surface area contributed by atoms with Crippen molar-refractivity contribution in [3.63, 3.8) is 0 Å². The van der Waals surface area contributed by atoms with E-state index in [4.69, 9.17) is 0 Å². The molecule has 1 atom stereocenters. The number of amides is 1. The number of anilines is 1. The van der Waals surface area contributed by atoms with E-state index in [2.05, 4.69) is 10.2 Å². The standard InChI is InChI=1S/C14H13N3O2S2/c1-9(18)20-11-7-12(19)17(8-11)14-16-15-13(21-14)10-5-3-2-4-6-10/h2-6,11H,7-8H2,1H3. The second kappa shape index (κ2) is 5.95. The Kier molecular flexibility index (Phi) is 4.03. The highest BCUT2D eigenvalue weighted by molar-refractivity contribution is 8.14. The molecule has 7 heteroatoms. The van der Waals surface area contributed by atoms with Gasteiger partial charge in [-0.3, -0.25) is 14.5 Å². The lowest BCUT2D eigenvalue weighted by Gasteiger charge is -2.11. The van der Waals surface area contributed by atoms with Crippen LogP contribution in [0.5, 0.6) is 0 Å². The second-order valence-corrected chi connectivity index (χ2v) is 7.13. The van der Waals surface area contributed by atoms with Crippen LogP contribution >= 0.6 is 23.1 Å². The fourth-order valence-corrected chi connectivity index (χ4v) is 3.99. The molecule has 0 aliphatic carbocycles. The summed E-state index contributed by atoms with van der Waals surface area (Å²) in [6.07, 6.45) is 0.379. The van der Waals surface area contributed by atoms with Crippen molar-refractivity contribution in [2.45, 2.75) is 18.6 Å². The number of hydrogen-bond donors (Lipinski definition) is 0. The van der Waals surface area contributed by atoms with Gasteiger partial charge in [0.15, 0.2) is 5.12 Å². The van der Waals surface area contributed by atoms with E-state index in [0.717, 1.165) is 10.6 Å². The minimum absolute atomic E-state index is 0.00418. The summed E-state index contributed by atoms with van der Waals surface area (Å²) in [5.74, 6) is 0.00418. The Bertz CT molecular complexity index is 672. The first-order valence-electron chi connectivity index (χ1n) is 6.50. The maximum absolute atomic E-state index is 12.1. The van der Waals surface area contributed by atoms with Crippen LogP contribution in [0.4, 0.5) is 5.13 Å². The number of aromatic nitrogens is 2. The molecule has 108 valence electrons. The van der Waals surface area contributed by atoms with Crippen molar-refractivity contribution in [2.24, 2.45) is 0 Å². The number of hydrogen-bond acceptors (Lipinski definition) is 6. The van der Waals surface area contributed by atoms with Crippen LogP contribution in [0.1, 0.15) is 13.3 Å². The van der Waals surface area contributed by atoms with Gasteiger partial charge in [0.2, 0.25) is 11.0 Å². The molecular weight excluding hydrogens is 306 g/mol. The van der Waals surface area contributed by atoms with Crippen LogP contribution < -0.4 is 4.90 Å². The summed E-state index contributed by atoms with van der Waals surface area (Å²) < 4.78 is 0. The first-order chi connectivity index (χ1) is 10.1. The van der Waals surface area contributed by atoms with E-state index >= 15 is 0 Å². The highest BCUT2D eigenvalue weighted by atomic mass is 32.2. The minimum atomic E-state index is 0.00418. The van der Waals surface area contributed by atoms with E-state index in [1.165, 1.54) is 30.0 Å². The zero-order valence-corrected chi connectivity index (χ0v) is 13.0. The maximum atomic E-state index is 12.1. The Morgan fingerprint density at radius 3 is 2.81 bits per heavy atom. The largest absolute Gasteiger partial charge is 0.288 e. The molecule has 0 radical (unpaired) electrons. The van der Waals surface area contributed by atoms with Crippen LogP contribution in [0, 0.1) is 0 Å².